The second-order valence-electron chi connectivity index (χ2n) is 5.73. The Morgan fingerprint density at radius 1 is 1.15 bits per heavy atom. The molecule has 0 atom stereocenters. The lowest BCUT2D eigenvalue weighted by atomic mass is 10.3. The van der Waals surface area contributed by atoms with Crippen molar-refractivity contribution in [2.45, 2.75) is 11.6 Å². The van der Waals surface area contributed by atoms with Crippen LogP contribution in [0.3, 0.4) is 0 Å². The summed E-state index contributed by atoms with van der Waals surface area (Å²) in [4.78, 5) is 11.7. The van der Waals surface area contributed by atoms with Crippen molar-refractivity contribution in [3.05, 3.63) is 52.3 Å². The van der Waals surface area contributed by atoms with Gasteiger partial charge >= 0.3 is 5.69 Å². The van der Waals surface area contributed by atoms with E-state index in [0.29, 0.717) is 19.2 Å². The van der Waals surface area contributed by atoms with E-state index in [2.05, 4.69) is 5.10 Å². The van der Waals surface area contributed by atoms with Crippen molar-refractivity contribution in [2.24, 2.45) is 0 Å². The number of sulfonamides is 1. The summed E-state index contributed by atoms with van der Waals surface area (Å²) < 4.78 is 54.0. The summed E-state index contributed by atoms with van der Waals surface area (Å²) in [6.45, 7) is 1.34. The molecule has 26 heavy (non-hydrogen) atoms. The van der Waals surface area contributed by atoms with Crippen LogP contribution >= 0.6 is 0 Å². The Bertz CT molecular complexity index is 925. The van der Waals surface area contributed by atoms with Crippen LogP contribution in [0.5, 0.6) is 0 Å². The van der Waals surface area contributed by atoms with E-state index in [9.17, 15) is 27.3 Å². The molecule has 1 aliphatic rings. The largest absolute Gasteiger partial charge is 0.307 e. The van der Waals surface area contributed by atoms with Gasteiger partial charge in [-0.25, -0.2) is 17.2 Å². The maximum atomic E-state index is 13.3. The molecule has 1 aliphatic heterocycles. The van der Waals surface area contributed by atoms with E-state index >= 15 is 0 Å². The number of hydrogen-bond acceptors (Lipinski definition) is 6. The van der Waals surface area contributed by atoms with Crippen LogP contribution in [-0.2, 0) is 16.7 Å². The standard InChI is InChI=1S/C14H15F2N5O4S/c15-13-2-1-12(7-14(13)16)26(24,25)20-5-3-18(4-6-20)10-19-9-11(8-17-19)21(22)23/h1-2,7-9H,3-6,10H2. The molecule has 0 amide bonds. The highest BCUT2D eigenvalue weighted by Gasteiger charge is 2.29. The predicted octanol–water partition coefficient (Wildman–Crippen LogP) is 1.03. The first kappa shape index (κ1) is 18.4. The fourth-order valence-corrected chi connectivity index (χ4v) is 4.06. The molecule has 12 heteroatoms. The zero-order valence-corrected chi connectivity index (χ0v) is 14.3. The number of aromatic nitrogens is 2. The maximum absolute atomic E-state index is 13.3. The molecular weight excluding hydrogens is 372 g/mol. The Kier molecular flexibility index (Phi) is 4.98. The van der Waals surface area contributed by atoms with E-state index in [1.807, 2.05) is 4.90 Å². The molecule has 1 aromatic carbocycles. The third kappa shape index (κ3) is 3.71. The van der Waals surface area contributed by atoms with E-state index in [0.717, 1.165) is 18.3 Å². The minimum absolute atomic E-state index is 0.121. The van der Waals surface area contributed by atoms with Gasteiger partial charge in [-0.05, 0) is 18.2 Å². The normalized spacial score (nSPS) is 16.7. The Balaban J connectivity index is 1.63. The lowest BCUT2D eigenvalue weighted by Gasteiger charge is -2.33. The third-order valence-corrected chi connectivity index (χ3v) is 5.93. The van der Waals surface area contributed by atoms with Gasteiger partial charge in [0.2, 0.25) is 10.0 Å². The van der Waals surface area contributed by atoms with Gasteiger partial charge in [-0.3, -0.25) is 19.7 Å². The maximum Gasteiger partial charge on any atom is 0.307 e. The first-order valence-electron chi connectivity index (χ1n) is 7.62. The van der Waals surface area contributed by atoms with Crippen molar-refractivity contribution in [1.82, 2.24) is 19.0 Å². The van der Waals surface area contributed by atoms with Crippen molar-refractivity contribution in [3.63, 3.8) is 0 Å². The lowest BCUT2D eigenvalue weighted by molar-refractivity contribution is -0.385. The number of rotatable bonds is 5. The van der Waals surface area contributed by atoms with Gasteiger partial charge < -0.3 is 0 Å². The molecule has 9 nitrogen and oxygen atoms in total. The van der Waals surface area contributed by atoms with Gasteiger partial charge in [-0.1, -0.05) is 0 Å². The summed E-state index contributed by atoms with van der Waals surface area (Å²) in [5.41, 5.74) is -0.121. The van der Waals surface area contributed by atoms with Crippen molar-refractivity contribution in [2.75, 3.05) is 26.2 Å². The molecule has 2 heterocycles. The highest BCUT2D eigenvalue weighted by Crippen LogP contribution is 2.20. The third-order valence-electron chi connectivity index (χ3n) is 4.04. The Morgan fingerprint density at radius 2 is 1.85 bits per heavy atom. The van der Waals surface area contributed by atoms with Crippen molar-refractivity contribution in [1.29, 1.82) is 0 Å². The Morgan fingerprint density at radius 3 is 2.42 bits per heavy atom. The van der Waals surface area contributed by atoms with Crippen LogP contribution in [0.25, 0.3) is 0 Å². The Labute approximate surface area is 147 Å². The minimum atomic E-state index is -3.92. The number of nitrogens with zero attached hydrogens (tertiary/aromatic N) is 5. The zero-order chi connectivity index (χ0) is 18.9. The first-order chi connectivity index (χ1) is 12.3. The van der Waals surface area contributed by atoms with E-state index in [4.69, 9.17) is 0 Å². The second-order valence-corrected chi connectivity index (χ2v) is 7.67. The summed E-state index contributed by atoms with van der Waals surface area (Å²) in [6.07, 6.45) is 2.44. The number of hydrogen-bond donors (Lipinski definition) is 0. The van der Waals surface area contributed by atoms with E-state index in [-0.39, 0.29) is 30.3 Å². The molecule has 0 unspecified atom stereocenters. The number of benzene rings is 1. The van der Waals surface area contributed by atoms with Gasteiger partial charge in [0.1, 0.15) is 12.4 Å². The van der Waals surface area contributed by atoms with Crippen LogP contribution in [-0.4, -0.2) is 58.5 Å². The van der Waals surface area contributed by atoms with Crippen LogP contribution in [0.15, 0.2) is 35.5 Å². The van der Waals surface area contributed by atoms with E-state index < -0.39 is 26.6 Å². The zero-order valence-electron chi connectivity index (χ0n) is 13.5. The van der Waals surface area contributed by atoms with Crippen LogP contribution in [0, 0.1) is 21.7 Å². The molecule has 1 aromatic heterocycles. The average molecular weight is 387 g/mol. The van der Waals surface area contributed by atoms with Crippen molar-refractivity contribution >= 4 is 15.7 Å². The molecule has 3 rings (SSSR count). The SMILES string of the molecule is O=[N+]([O-])c1cnn(CN2CCN(S(=O)(=O)c3ccc(F)c(F)c3)CC2)c1. The molecule has 1 fully saturated rings. The molecule has 0 N–H and O–H groups in total. The first-order valence-corrected chi connectivity index (χ1v) is 9.06. The monoisotopic (exact) mass is 387 g/mol. The van der Waals surface area contributed by atoms with Crippen molar-refractivity contribution < 1.29 is 22.1 Å². The van der Waals surface area contributed by atoms with Gasteiger partial charge in [-0.2, -0.15) is 9.40 Å². The molecular formula is C14H15F2N5O4S. The highest BCUT2D eigenvalue weighted by molar-refractivity contribution is 7.89. The summed E-state index contributed by atoms with van der Waals surface area (Å²) in [7, 11) is -3.92. The highest BCUT2D eigenvalue weighted by atomic mass is 32.2. The van der Waals surface area contributed by atoms with Crippen LogP contribution < -0.4 is 0 Å². The van der Waals surface area contributed by atoms with Gasteiger partial charge in [0.25, 0.3) is 0 Å². The van der Waals surface area contributed by atoms with E-state index in [1.54, 1.807) is 0 Å². The van der Waals surface area contributed by atoms with Crippen LogP contribution in [0.4, 0.5) is 14.5 Å². The molecule has 0 bridgehead atoms. The van der Waals surface area contributed by atoms with Gasteiger partial charge in [0.05, 0.1) is 16.5 Å². The number of nitro groups is 1. The molecule has 140 valence electrons. The number of piperazine rings is 1. The van der Waals surface area contributed by atoms with Gasteiger partial charge in [0, 0.05) is 26.2 Å². The minimum Gasteiger partial charge on any atom is -0.282 e. The summed E-state index contributed by atoms with van der Waals surface area (Å²) >= 11 is 0. The van der Waals surface area contributed by atoms with Crippen molar-refractivity contribution in [3.8, 4) is 0 Å². The molecule has 1 saturated heterocycles. The van der Waals surface area contributed by atoms with E-state index in [1.165, 1.54) is 15.2 Å². The fourth-order valence-electron chi connectivity index (χ4n) is 2.63. The summed E-state index contributed by atoms with van der Waals surface area (Å²) in [5, 5.41) is 14.5. The molecule has 0 saturated carbocycles. The predicted molar refractivity (Wildman–Crippen MR) is 85.6 cm³/mol. The lowest BCUT2D eigenvalue weighted by Crippen LogP contribution is -2.48. The molecule has 0 radical (unpaired) electrons. The molecule has 0 aliphatic carbocycles. The summed E-state index contributed by atoms with van der Waals surface area (Å²) in [5.74, 6) is -2.33. The smallest absolute Gasteiger partial charge is 0.282 e. The fraction of sp³-hybridized carbons (Fsp3) is 0.357. The average Bonchev–Trinajstić information content (AvgIpc) is 3.06. The quantitative estimate of drug-likeness (QED) is 0.561. The van der Waals surface area contributed by atoms with Crippen LogP contribution in [0.1, 0.15) is 0 Å². The number of halogens is 2. The Hall–Kier alpha value is -2.44. The molecule has 0 spiro atoms. The van der Waals surface area contributed by atoms with Gasteiger partial charge in [0.15, 0.2) is 11.6 Å². The van der Waals surface area contributed by atoms with Crippen LogP contribution in [0.2, 0.25) is 0 Å². The van der Waals surface area contributed by atoms with Gasteiger partial charge in [-0.15, -0.1) is 0 Å². The molecule has 2 aromatic rings. The second kappa shape index (κ2) is 7.05. The summed E-state index contributed by atoms with van der Waals surface area (Å²) in [6, 6.07) is 2.48. The topological polar surface area (TPSA) is 102 Å².